The Balaban J connectivity index is 1.53. The third kappa shape index (κ3) is 3.38. The molecule has 1 aliphatic heterocycles. The Bertz CT molecular complexity index is 987. The molecule has 1 aliphatic rings. The first-order chi connectivity index (χ1) is 12.7. The van der Waals surface area contributed by atoms with Crippen LogP contribution in [0.4, 0.5) is 0 Å². The minimum atomic E-state index is -0.101. The number of hydrogen-bond donors (Lipinski definition) is 0. The van der Waals surface area contributed by atoms with E-state index in [2.05, 4.69) is 0 Å². The molecular formula is C23H18O3. The molecule has 0 aromatic heterocycles. The normalized spacial score (nSPS) is 14.2. The van der Waals surface area contributed by atoms with Crippen molar-refractivity contribution in [3.05, 3.63) is 101 Å². The molecule has 26 heavy (non-hydrogen) atoms. The summed E-state index contributed by atoms with van der Waals surface area (Å²) in [5.41, 5.74) is 3.74. The van der Waals surface area contributed by atoms with Crippen molar-refractivity contribution in [1.29, 1.82) is 0 Å². The van der Waals surface area contributed by atoms with Gasteiger partial charge in [0.05, 0.1) is 5.56 Å². The number of hydrogen-bond acceptors (Lipinski definition) is 3. The molecule has 1 heterocycles. The SMILES string of the molecule is Cc1cccc(C=C2Oc3cc(OCc4ccccc4)ccc3C2=O)c1. The van der Waals surface area contributed by atoms with Gasteiger partial charge >= 0.3 is 0 Å². The van der Waals surface area contributed by atoms with Gasteiger partial charge in [0.2, 0.25) is 5.78 Å². The number of Topliss-reactive ketones (excluding diaryl/α,β-unsaturated/α-hetero) is 1. The predicted octanol–water partition coefficient (Wildman–Crippen LogP) is 5.19. The Morgan fingerprint density at radius 3 is 2.62 bits per heavy atom. The molecular weight excluding hydrogens is 324 g/mol. The average molecular weight is 342 g/mol. The molecule has 0 fully saturated rings. The van der Waals surface area contributed by atoms with E-state index >= 15 is 0 Å². The van der Waals surface area contributed by atoms with Crippen molar-refractivity contribution in [3.63, 3.8) is 0 Å². The van der Waals surface area contributed by atoms with Crippen molar-refractivity contribution in [3.8, 4) is 11.5 Å². The highest BCUT2D eigenvalue weighted by atomic mass is 16.5. The second-order valence-electron chi connectivity index (χ2n) is 6.29. The number of ether oxygens (including phenoxy) is 2. The van der Waals surface area contributed by atoms with E-state index in [1.807, 2.05) is 61.5 Å². The van der Waals surface area contributed by atoms with Crippen LogP contribution in [0, 0.1) is 6.92 Å². The summed E-state index contributed by atoms with van der Waals surface area (Å²) in [6, 6.07) is 23.2. The zero-order chi connectivity index (χ0) is 17.9. The van der Waals surface area contributed by atoms with E-state index in [4.69, 9.17) is 9.47 Å². The van der Waals surface area contributed by atoms with Crippen molar-refractivity contribution in [1.82, 2.24) is 0 Å². The quantitative estimate of drug-likeness (QED) is 0.612. The van der Waals surface area contributed by atoms with Crippen molar-refractivity contribution >= 4 is 11.9 Å². The van der Waals surface area contributed by atoms with Gasteiger partial charge in [0.1, 0.15) is 18.1 Å². The Morgan fingerprint density at radius 2 is 1.81 bits per heavy atom. The van der Waals surface area contributed by atoms with Gasteiger partial charge in [-0.3, -0.25) is 4.79 Å². The standard InChI is InChI=1S/C23H18O3/c1-16-6-5-9-18(12-16)13-22-23(24)20-11-10-19(14-21(20)26-22)25-15-17-7-3-2-4-8-17/h2-14H,15H2,1H3. The number of benzene rings is 3. The van der Waals surface area contributed by atoms with Crippen LogP contribution in [0.15, 0.2) is 78.6 Å². The Morgan fingerprint density at radius 1 is 0.962 bits per heavy atom. The molecule has 0 atom stereocenters. The number of ketones is 1. The molecule has 4 rings (SSSR count). The number of allylic oxidation sites excluding steroid dienone is 1. The Kier molecular flexibility index (Phi) is 4.28. The molecule has 0 unspecified atom stereocenters. The van der Waals surface area contributed by atoms with Gasteiger partial charge in [0.25, 0.3) is 0 Å². The van der Waals surface area contributed by atoms with Crippen LogP contribution in [0.2, 0.25) is 0 Å². The van der Waals surface area contributed by atoms with Crippen LogP contribution in [0.25, 0.3) is 6.08 Å². The van der Waals surface area contributed by atoms with Gasteiger partial charge in [0.15, 0.2) is 5.76 Å². The number of aryl methyl sites for hydroxylation is 1. The fourth-order valence-corrected chi connectivity index (χ4v) is 2.91. The zero-order valence-corrected chi connectivity index (χ0v) is 14.4. The predicted molar refractivity (Wildman–Crippen MR) is 101 cm³/mol. The second kappa shape index (κ2) is 6.89. The zero-order valence-electron chi connectivity index (χ0n) is 14.4. The highest BCUT2D eigenvalue weighted by molar-refractivity contribution is 6.14. The van der Waals surface area contributed by atoms with Crippen molar-refractivity contribution in [2.45, 2.75) is 13.5 Å². The smallest absolute Gasteiger partial charge is 0.231 e. The van der Waals surface area contributed by atoms with Gasteiger partial charge in [-0.1, -0.05) is 60.2 Å². The van der Waals surface area contributed by atoms with Crippen LogP contribution in [0.3, 0.4) is 0 Å². The topological polar surface area (TPSA) is 35.5 Å². The molecule has 0 bridgehead atoms. The molecule has 0 spiro atoms. The average Bonchev–Trinajstić information content (AvgIpc) is 2.96. The summed E-state index contributed by atoms with van der Waals surface area (Å²) >= 11 is 0. The maximum atomic E-state index is 12.5. The summed E-state index contributed by atoms with van der Waals surface area (Å²) in [5, 5.41) is 0. The number of carbonyl (C=O) groups is 1. The first-order valence-electron chi connectivity index (χ1n) is 8.51. The summed E-state index contributed by atoms with van der Waals surface area (Å²) in [6.45, 7) is 2.49. The van der Waals surface area contributed by atoms with Crippen LogP contribution in [-0.2, 0) is 6.61 Å². The maximum absolute atomic E-state index is 12.5. The summed E-state index contributed by atoms with van der Waals surface area (Å²) < 4.78 is 11.6. The Hall–Kier alpha value is -3.33. The van der Waals surface area contributed by atoms with Crippen LogP contribution in [0.1, 0.15) is 27.0 Å². The van der Waals surface area contributed by atoms with Crippen LogP contribution in [-0.4, -0.2) is 5.78 Å². The minimum absolute atomic E-state index is 0.101. The van der Waals surface area contributed by atoms with Crippen molar-refractivity contribution in [2.75, 3.05) is 0 Å². The molecule has 0 saturated heterocycles. The fraction of sp³-hybridized carbons (Fsp3) is 0.0870. The largest absolute Gasteiger partial charge is 0.489 e. The van der Waals surface area contributed by atoms with Gasteiger partial charge in [-0.2, -0.15) is 0 Å². The highest BCUT2D eigenvalue weighted by Crippen LogP contribution is 2.35. The van der Waals surface area contributed by atoms with E-state index < -0.39 is 0 Å². The van der Waals surface area contributed by atoms with Gasteiger partial charge in [-0.05, 0) is 36.3 Å². The van der Waals surface area contributed by atoms with Crippen LogP contribution < -0.4 is 9.47 Å². The van der Waals surface area contributed by atoms with E-state index in [1.165, 1.54) is 0 Å². The molecule has 3 nitrogen and oxygen atoms in total. The van der Waals surface area contributed by atoms with E-state index in [-0.39, 0.29) is 5.78 Å². The fourth-order valence-electron chi connectivity index (χ4n) is 2.91. The van der Waals surface area contributed by atoms with Crippen LogP contribution >= 0.6 is 0 Å². The molecule has 3 aromatic carbocycles. The van der Waals surface area contributed by atoms with E-state index in [9.17, 15) is 4.79 Å². The lowest BCUT2D eigenvalue weighted by Gasteiger charge is -2.07. The third-order valence-electron chi connectivity index (χ3n) is 4.23. The number of carbonyl (C=O) groups excluding carboxylic acids is 1. The molecule has 3 heteroatoms. The summed E-state index contributed by atoms with van der Waals surface area (Å²) in [6.07, 6.45) is 1.78. The summed E-state index contributed by atoms with van der Waals surface area (Å²) in [4.78, 5) is 12.5. The molecule has 0 radical (unpaired) electrons. The van der Waals surface area contributed by atoms with E-state index in [0.717, 1.165) is 16.7 Å². The van der Waals surface area contributed by atoms with Gasteiger partial charge in [-0.15, -0.1) is 0 Å². The molecule has 0 N–H and O–H groups in total. The third-order valence-corrected chi connectivity index (χ3v) is 4.23. The van der Waals surface area contributed by atoms with Crippen molar-refractivity contribution in [2.24, 2.45) is 0 Å². The molecule has 3 aromatic rings. The summed E-state index contributed by atoms with van der Waals surface area (Å²) in [7, 11) is 0. The van der Waals surface area contributed by atoms with E-state index in [0.29, 0.717) is 29.4 Å². The highest BCUT2D eigenvalue weighted by Gasteiger charge is 2.27. The maximum Gasteiger partial charge on any atom is 0.231 e. The monoisotopic (exact) mass is 342 g/mol. The molecule has 128 valence electrons. The van der Waals surface area contributed by atoms with E-state index in [1.54, 1.807) is 24.3 Å². The lowest BCUT2D eigenvalue weighted by atomic mass is 10.1. The van der Waals surface area contributed by atoms with Gasteiger partial charge < -0.3 is 9.47 Å². The number of rotatable bonds is 4. The minimum Gasteiger partial charge on any atom is -0.489 e. The summed E-state index contributed by atoms with van der Waals surface area (Å²) in [5.74, 6) is 1.46. The second-order valence-corrected chi connectivity index (χ2v) is 6.29. The first kappa shape index (κ1) is 16.2. The lowest BCUT2D eigenvalue weighted by Crippen LogP contribution is -1.98. The first-order valence-corrected chi connectivity index (χ1v) is 8.51. The van der Waals surface area contributed by atoms with Gasteiger partial charge in [-0.25, -0.2) is 0 Å². The molecule has 0 amide bonds. The van der Waals surface area contributed by atoms with Gasteiger partial charge in [0, 0.05) is 6.07 Å². The van der Waals surface area contributed by atoms with Crippen LogP contribution in [0.5, 0.6) is 11.5 Å². The molecule has 0 saturated carbocycles. The lowest BCUT2D eigenvalue weighted by molar-refractivity contribution is 0.101. The number of fused-ring (bicyclic) bond motifs is 1. The Labute approximate surface area is 152 Å². The van der Waals surface area contributed by atoms with Crippen molar-refractivity contribution < 1.29 is 14.3 Å². The molecule has 0 aliphatic carbocycles.